The Morgan fingerprint density at radius 1 is 0.895 bits per heavy atom. The topological polar surface area (TPSA) is 18.5 Å². The molecule has 0 bridgehead atoms. The maximum Gasteiger partial charge on any atom is 0.0621 e. The molecule has 116 valence electrons. The molecule has 0 aromatic carbocycles. The molecule has 0 amide bonds. The molecule has 3 unspecified atom stereocenters. The van der Waals surface area contributed by atoms with Crippen LogP contribution in [-0.4, -0.2) is 26.9 Å². The predicted octanol–water partition coefficient (Wildman–Crippen LogP) is 5.06. The van der Waals surface area contributed by atoms with Crippen molar-refractivity contribution in [3.05, 3.63) is 0 Å². The van der Waals surface area contributed by atoms with Crippen LogP contribution in [0.3, 0.4) is 0 Å². The van der Waals surface area contributed by atoms with Crippen molar-refractivity contribution in [2.45, 2.75) is 78.2 Å². The van der Waals surface area contributed by atoms with E-state index in [1.165, 1.54) is 51.4 Å². The van der Waals surface area contributed by atoms with Crippen molar-refractivity contribution in [3.8, 4) is 0 Å². The second kappa shape index (κ2) is 12.9. The van der Waals surface area contributed by atoms with E-state index in [1.807, 2.05) is 14.2 Å². The van der Waals surface area contributed by atoms with Gasteiger partial charge >= 0.3 is 0 Å². The molecule has 0 N–H and O–H groups in total. The van der Waals surface area contributed by atoms with E-state index in [-0.39, 0.29) is 0 Å². The van der Waals surface area contributed by atoms with Gasteiger partial charge in [-0.25, -0.2) is 0 Å². The van der Waals surface area contributed by atoms with Gasteiger partial charge < -0.3 is 9.47 Å². The van der Waals surface area contributed by atoms with Crippen LogP contribution in [0.4, 0.5) is 0 Å². The molecule has 0 aromatic heterocycles. The number of ether oxygens (including phenoxy) is 2. The van der Waals surface area contributed by atoms with Gasteiger partial charge in [-0.2, -0.15) is 0 Å². The maximum absolute atomic E-state index is 5.74. The van der Waals surface area contributed by atoms with Gasteiger partial charge in [0, 0.05) is 20.1 Å². The first-order valence-corrected chi connectivity index (χ1v) is 8.25. The van der Waals surface area contributed by atoms with Crippen molar-refractivity contribution >= 4 is 0 Å². The highest BCUT2D eigenvalue weighted by molar-refractivity contribution is 4.74. The van der Waals surface area contributed by atoms with Gasteiger partial charge in [0.1, 0.15) is 0 Å². The molecule has 0 radical (unpaired) electrons. The Morgan fingerprint density at radius 2 is 1.53 bits per heavy atom. The third-order valence-corrected chi connectivity index (χ3v) is 4.23. The van der Waals surface area contributed by atoms with Crippen LogP contribution in [0.1, 0.15) is 72.1 Å². The fourth-order valence-corrected chi connectivity index (χ4v) is 2.90. The third-order valence-electron chi connectivity index (χ3n) is 4.23. The first-order chi connectivity index (χ1) is 9.23. The van der Waals surface area contributed by atoms with Crippen molar-refractivity contribution < 1.29 is 9.47 Å². The van der Waals surface area contributed by atoms with Gasteiger partial charge in [-0.15, -0.1) is 0 Å². The van der Waals surface area contributed by atoms with E-state index in [2.05, 4.69) is 20.8 Å². The van der Waals surface area contributed by atoms with Crippen molar-refractivity contribution in [2.24, 2.45) is 11.8 Å². The first-order valence-electron chi connectivity index (χ1n) is 8.25. The minimum atomic E-state index is 0.371. The lowest BCUT2D eigenvalue weighted by molar-refractivity contribution is -0.00247. The summed E-state index contributed by atoms with van der Waals surface area (Å²) in [4.78, 5) is 0. The van der Waals surface area contributed by atoms with E-state index >= 15 is 0 Å². The Kier molecular flexibility index (Phi) is 12.9. The van der Waals surface area contributed by atoms with Crippen molar-refractivity contribution in [2.75, 3.05) is 20.8 Å². The first kappa shape index (κ1) is 18.9. The zero-order valence-corrected chi connectivity index (χ0v) is 13.9. The average Bonchev–Trinajstić information content (AvgIpc) is 2.43. The molecule has 3 atom stereocenters. The smallest absolute Gasteiger partial charge is 0.0621 e. The Morgan fingerprint density at radius 3 is 2.00 bits per heavy atom. The lowest BCUT2D eigenvalue weighted by Gasteiger charge is -2.29. The minimum Gasteiger partial charge on any atom is -0.384 e. The number of hydrogen-bond acceptors (Lipinski definition) is 2. The second-order valence-electron chi connectivity index (χ2n) is 5.78. The SMILES string of the molecule is CCCCC(CC)CC(COC)C(CCCC)OC. The quantitative estimate of drug-likeness (QED) is 0.466. The monoisotopic (exact) mass is 272 g/mol. The molecule has 0 heterocycles. The summed E-state index contributed by atoms with van der Waals surface area (Å²) in [5.74, 6) is 1.39. The van der Waals surface area contributed by atoms with Crippen molar-refractivity contribution in [1.29, 1.82) is 0 Å². The second-order valence-corrected chi connectivity index (χ2v) is 5.78. The van der Waals surface area contributed by atoms with Crippen molar-refractivity contribution in [3.63, 3.8) is 0 Å². The number of unbranched alkanes of at least 4 members (excludes halogenated alkanes) is 2. The fraction of sp³-hybridized carbons (Fsp3) is 1.00. The highest BCUT2D eigenvalue weighted by Gasteiger charge is 2.23. The van der Waals surface area contributed by atoms with E-state index in [9.17, 15) is 0 Å². The molecule has 0 aromatic rings. The molecule has 0 fully saturated rings. The van der Waals surface area contributed by atoms with E-state index in [4.69, 9.17) is 9.47 Å². The average molecular weight is 272 g/mol. The molecule has 2 nitrogen and oxygen atoms in total. The summed E-state index contributed by atoms with van der Waals surface area (Å²) < 4.78 is 11.2. The largest absolute Gasteiger partial charge is 0.384 e. The van der Waals surface area contributed by atoms with E-state index in [0.29, 0.717) is 12.0 Å². The van der Waals surface area contributed by atoms with Crippen molar-refractivity contribution in [1.82, 2.24) is 0 Å². The van der Waals surface area contributed by atoms with Crippen LogP contribution in [0.2, 0.25) is 0 Å². The number of methoxy groups -OCH3 is 2. The Labute approximate surface area is 121 Å². The van der Waals surface area contributed by atoms with E-state index in [1.54, 1.807) is 0 Å². The van der Waals surface area contributed by atoms with Gasteiger partial charge in [0.15, 0.2) is 0 Å². The summed E-state index contributed by atoms with van der Waals surface area (Å²) in [5, 5.41) is 0. The molecule has 2 heteroatoms. The van der Waals surface area contributed by atoms with Gasteiger partial charge in [-0.1, -0.05) is 59.3 Å². The molecule has 0 saturated heterocycles. The van der Waals surface area contributed by atoms with Crippen LogP contribution in [0.5, 0.6) is 0 Å². The molecule has 0 aliphatic rings. The summed E-state index contributed by atoms with van der Waals surface area (Å²) >= 11 is 0. The maximum atomic E-state index is 5.74. The zero-order chi connectivity index (χ0) is 14.5. The third kappa shape index (κ3) is 8.65. The molecule has 0 spiro atoms. The highest BCUT2D eigenvalue weighted by atomic mass is 16.5. The highest BCUT2D eigenvalue weighted by Crippen LogP contribution is 2.27. The van der Waals surface area contributed by atoms with Gasteiger partial charge in [-0.05, 0) is 18.8 Å². The Hall–Kier alpha value is -0.0800. The van der Waals surface area contributed by atoms with Gasteiger partial charge in [-0.3, -0.25) is 0 Å². The summed E-state index contributed by atoms with van der Waals surface area (Å²) in [7, 11) is 3.67. The molecular formula is C17H36O2. The Bertz CT molecular complexity index is 182. The Balaban J connectivity index is 4.39. The van der Waals surface area contributed by atoms with E-state index < -0.39 is 0 Å². The molecule has 0 rings (SSSR count). The van der Waals surface area contributed by atoms with Gasteiger partial charge in [0.2, 0.25) is 0 Å². The molecule has 0 aliphatic heterocycles. The predicted molar refractivity (Wildman–Crippen MR) is 83.6 cm³/mol. The van der Waals surface area contributed by atoms with E-state index in [0.717, 1.165) is 12.5 Å². The summed E-state index contributed by atoms with van der Waals surface area (Å²) in [6.45, 7) is 7.68. The van der Waals surface area contributed by atoms with Crippen LogP contribution in [-0.2, 0) is 9.47 Å². The zero-order valence-electron chi connectivity index (χ0n) is 13.9. The normalized spacial score (nSPS) is 16.3. The van der Waals surface area contributed by atoms with Gasteiger partial charge in [0.05, 0.1) is 12.7 Å². The van der Waals surface area contributed by atoms with Crippen LogP contribution in [0, 0.1) is 11.8 Å². The molecule has 0 aliphatic carbocycles. The number of rotatable bonds is 13. The van der Waals surface area contributed by atoms with Crippen LogP contribution >= 0.6 is 0 Å². The van der Waals surface area contributed by atoms with Gasteiger partial charge in [0.25, 0.3) is 0 Å². The molecule has 0 saturated carbocycles. The fourth-order valence-electron chi connectivity index (χ4n) is 2.90. The molecule has 19 heavy (non-hydrogen) atoms. The summed E-state index contributed by atoms with van der Waals surface area (Å²) in [5.41, 5.74) is 0. The summed E-state index contributed by atoms with van der Waals surface area (Å²) in [6.07, 6.45) is 10.6. The minimum absolute atomic E-state index is 0.371. The van der Waals surface area contributed by atoms with Crippen LogP contribution < -0.4 is 0 Å². The lowest BCUT2D eigenvalue weighted by Crippen LogP contribution is -2.29. The number of hydrogen-bond donors (Lipinski definition) is 0. The molecular weight excluding hydrogens is 236 g/mol. The van der Waals surface area contributed by atoms with Crippen LogP contribution in [0.15, 0.2) is 0 Å². The van der Waals surface area contributed by atoms with Crippen LogP contribution in [0.25, 0.3) is 0 Å². The lowest BCUT2D eigenvalue weighted by atomic mass is 9.85. The summed E-state index contributed by atoms with van der Waals surface area (Å²) in [6, 6.07) is 0. The standard InChI is InChI=1S/C17H36O2/c1-6-9-11-15(8-3)13-16(14-18-4)17(19-5)12-10-7-2/h15-17H,6-14H2,1-5H3.